The number of hydrogen-bond acceptors (Lipinski definition) is 5. The number of thiocarbonyl (C=S) groups is 1. The summed E-state index contributed by atoms with van der Waals surface area (Å²) in [7, 11) is 1.61. The van der Waals surface area contributed by atoms with Gasteiger partial charge in [0.1, 0.15) is 4.99 Å². The van der Waals surface area contributed by atoms with Gasteiger partial charge in [-0.25, -0.2) is 0 Å². The summed E-state index contributed by atoms with van der Waals surface area (Å²) in [6.07, 6.45) is 0. The van der Waals surface area contributed by atoms with Crippen LogP contribution >= 0.6 is 12.2 Å². The molecule has 18 heavy (non-hydrogen) atoms. The Morgan fingerprint density at radius 1 is 1.33 bits per heavy atom. The molecule has 2 aromatic rings. The van der Waals surface area contributed by atoms with Crippen LogP contribution in [0.1, 0.15) is 15.9 Å². The monoisotopic (exact) mass is 262 g/mol. The number of tetrazole rings is 1. The molecule has 0 spiro atoms. The predicted octanol–water partition coefficient (Wildman–Crippen LogP) is 0.0966. The first kappa shape index (κ1) is 12.1. The molecule has 0 atom stereocenters. The van der Waals surface area contributed by atoms with Crippen LogP contribution in [-0.4, -0.2) is 31.1 Å². The second-order valence-electron chi connectivity index (χ2n) is 3.50. The van der Waals surface area contributed by atoms with Crippen molar-refractivity contribution in [1.82, 2.24) is 20.2 Å². The SMILES string of the molecule is Cn1nnc(NC(=O)c2ccc(C(N)=S)cc2)n1. The number of hydrogen-bond donors (Lipinski definition) is 2. The highest BCUT2D eigenvalue weighted by atomic mass is 32.1. The van der Waals surface area contributed by atoms with Gasteiger partial charge in [0.15, 0.2) is 0 Å². The lowest BCUT2D eigenvalue weighted by molar-refractivity contribution is 0.102. The van der Waals surface area contributed by atoms with Gasteiger partial charge in [0.2, 0.25) is 0 Å². The van der Waals surface area contributed by atoms with E-state index in [1.807, 2.05) is 0 Å². The molecule has 92 valence electrons. The van der Waals surface area contributed by atoms with Crippen LogP contribution in [-0.2, 0) is 7.05 Å². The van der Waals surface area contributed by atoms with Crippen molar-refractivity contribution in [2.24, 2.45) is 12.8 Å². The van der Waals surface area contributed by atoms with Gasteiger partial charge in [-0.1, -0.05) is 29.4 Å². The van der Waals surface area contributed by atoms with Gasteiger partial charge >= 0.3 is 0 Å². The van der Waals surface area contributed by atoms with Gasteiger partial charge in [-0.15, -0.1) is 5.10 Å². The van der Waals surface area contributed by atoms with Crippen LogP contribution in [0.25, 0.3) is 0 Å². The first-order valence-electron chi connectivity index (χ1n) is 5.01. The summed E-state index contributed by atoms with van der Waals surface area (Å²) in [5, 5.41) is 13.6. The Morgan fingerprint density at radius 3 is 2.44 bits per heavy atom. The molecule has 0 bridgehead atoms. The Balaban J connectivity index is 2.11. The number of nitrogens with zero attached hydrogens (tertiary/aromatic N) is 4. The summed E-state index contributed by atoms with van der Waals surface area (Å²) in [4.78, 5) is 13.4. The van der Waals surface area contributed by atoms with Crippen molar-refractivity contribution in [1.29, 1.82) is 0 Å². The quantitative estimate of drug-likeness (QED) is 0.761. The molecule has 0 radical (unpaired) electrons. The van der Waals surface area contributed by atoms with Crippen LogP contribution in [0.4, 0.5) is 5.95 Å². The van der Waals surface area contributed by atoms with E-state index in [1.165, 1.54) is 4.80 Å². The van der Waals surface area contributed by atoms with Crippen molar-refractivity contribution in [2.45, 2.75) is 0 Å². The highest BCUT2D eigenvalue weighted by molar-refractivity contribution is 7.80. The minimum Gasteiger partial charge on any atom is -0.389 e. The molecule has 1 aromatic carbocycles. The molecule has 0 aliphatic carbocycles. The molecule has 0 aliphatic heterocycles. The van der Waals surface area contributed by atoms with Gasteiger partial charge in [0.05, 0.1) is 7.05 Å². The number of rotatable bonds is 3. The van der Waals surface area contributed by atoms with E-state index in [1.54, 1.807) is 31.3 Å². The normalized spacial score (nSPS) is 10.1. The molecule has 7 nitrogen and oxygen atoms in total. The van der Waals surface area contributed by atoms with E-state index >= 15 is 0 Å². The number of benzene rings is 1. The molecule has 2 rings (SSSR count). The van der Waals surface area contributed by atoms with E-state index in [0.717, 1.165) is 0 Å². The third kappa shape index (κ3) is 2.66. The molecule has 3 N–H and O–H groups in total. The van der Waals surface area contributed by atoms with Crippen LogP contribution < -0.4 is 11.1 Å². The zero-order valence-electron chi connectivity index (χ0n) is 9.49. The molecule has 1 amide bonds. The summed E-state index contributed by atoms with van der Waals surface area (Å²) in [6.45, 7) is 0. The zero-order chi connectivity index (χ0) is 13.1. The van der Waals surface area contributed by atoms with E-state index in [2.05, 4.69) is 20.7 Å². The molecule has 0 saturated carbocycles. The predicted molar refractivity (Wildman–Crippen MR) is 69.1 cm³/mol. The van der Waals surface area contributed by atoms with E-state index in [4.69, 9.17) is 18.0 Å². The Kier molecular flexibility index (Phi) is 3.28. The third-order valence-electron chi connectivity index (χ3n) is 2.17. The molecule has 1 aromatic heterocycles. The lowest BCUT2D eigenvalue weighted by atomic mass is 10.1. The summed E-state index contributed by atoms with van der Waals surface area (Å²) < 4.78 is 0. The molecule has 0 fully saturated rings. The van der Waals surface area contributed by atoms with Crippen LogP contribution in [0.3, 0.4) is 0 Å². The third-order valence-corrected chi connectivity index (χ3v) is 2.40. The minimum atomic E-state index is -0.322. The second kappa shape index (κ2) is 4.88. The highest BCUT2D eigenvalue weighted by Gasteiger charge is 2.09. The fourth-order valence-electron chi connectivity index (χ4n) is 1.29. The van der Waals surface area contributed by atoms with Crippen molar-refractivity contribution >= 4 is 29.1 Å². The summed E-state index contributed by atoms with van der Waals surface area (Å²) in [6, 6.07) is 6.61. The number of anilines is 1. The Morgan fingerprint density at radius 2 is 1.94 bits per heavy atom. The Labute approximate surface area is 108 Å². The first-order valence-corrected chi connectivity index (χ1v) is 5.42. The number of aryl methyl sites for hydroxylation is 1. The molecule has 0 aliphatic rings. The molecule has 0 unspecified atom stereocenters. The van der Waals surface area contributed by atoms with Gasteiger partial charge in [-0.05, 0) is 17.3 Å². The number of aromatic nitrogens is 4. The van der Waals surface area contributed by atoms with E-state index in [-0.39, 0.29) is 16.8 Å². The Bertz CT molecular complexity index is 591. The first-order chi connectivity index (χ1) is 8.56. The van der Waals surface area contributed by atoms with Crippen LogP contribution in [0, 0.1) is 0 Å². The average molecular weight is 262 g/mol. The van der Waals surface area contributed by atoms with Gasteiger partial charge in [-0.2, -0.15) is 4.80 Å². The lowest BCUT2D eigenvalue weighted by Crippen LogP contribution is -2.14. The maximum absolute atomic E-state index is 11.8. The van der Waals surface area contributed by atoms with E-state index in [0.29, 0.717) is 11.1 Å². The summed E-state index contributed by atoms with van der Waals surface area (Å²) in [5.41, 5.74) is 6.63. The van der Waals surface area contributed by atoms with Crippen LogP contribution in [0.15, 0.2) is 24.3 Å². The largest absolute Gasteiger partial charge is 0.389 e. The van der Waals surface area contributed by atoms with Crippen molar-refractivity contribution in [3.63, 3.8) is 0 Å². The number of amides is 1. The topological polar surface area (TPSA) is 98.7 Å². The van der Waals surface area contributed by atoms with Gasteiger partial charge in [0, 0.05) is 11.1 Å². The Hall–Kier alpha value is -2.35. The van der Waals surface area contributed by atoms with E-state index < -0.39 is 0 Å². The van der Waals surface area contributed by atoms with Crippen molar-refractivity contribution in [3.05, 3.63) is 35.4 Å². The second-order valence-corrected chi connectivity index (χ2v) is 3.94. The molecule has 8 heteroatoms. The number of carbonyl (C=O) groups is 1. The molecular weight excluding hydrogens is 252 g/mol. The summed E-state index contributed by atoms with van der Waals surface area (Å²) >= 11 is 4.82. The molecule has 1 heterocycles. The molecular formula is C10H10N6OS. The minimum absolute atomic E-state index is 0.154. The van der Waals surface area contributed by atoms with Crippen LogP contribution in [0.5, 0.6) is 0 Å². The maximum Gasteiger partial charge on any atom is 0.270 e. The van der Waals surface area contributed by atoms with Gasteiger partial charge in [0.25, 0.3) is 11.9 Å². The van der Waals surface area contributed by atoms with Crippen molar-refractivity contribution < 1.29 is 4.79 Å². The summed E-state index contributed by atoms with van der Waals surface area (Å²) in [5.74, 6) is -0.168. The standard InChI is InChI=1S/C10H10N6OS/c1-16-14-10(13-15-16)12-9(17)7-4-2-6(3-5-7)8(11)18/h2-5H,1H3,(H2,11,18)(H,12,14,17). The number of carbonyl (C=O) groups excluding carboxylic acids is 1. The highest BCUT2D eigenvalue weighted by Crippen LogP contribution is 2.06. The number of nitrogens with one attached hydrogen (secondary N) is 1. The zero-order valence-corrected chi connectivity index (χ0v) is 10.3. The number of nitrogens with two attached hydrogens (primary N) is 1. The lowest BCUT2D eigenvalue weighted by Gasteiger charge is -2.02. The maximum atomic E-state index is 11.8. The van der Waals surface area contributed by atoms with Gasteiger partial charge in [-0.3, -0.25) is 10.1 Å². The fourth-order valence-corrected chi connectivity index (χ4v) is 1.43. The fraction of sp³-hybridized carbons (Fsp3) is 0.100. The van der Waals surface area contributed by atoms with Crippen molar-refractivity contribution in [2.75, 3.05) is 5.32 Å². The van der Waals surface area contributed by atoms with E-state index in [9.17, 15) is 4.79 Å². The van der Waals surface area contributed by atoms with Crippen molar-refractivity contribution in [3.8, 4) is 0 Å². The van der Waals surface area contributed by atoms with Crippen LogP contribution in [0.2, 0.25) is 0 Å². The smallest absolute Gasteiger partial charge is 0.270 e. The van der Waals surface area contributed by atoms with Gasteiger partial charge < -0.3 is 5.73 Å². The molecule has 0 saturated heterocycles. The average Bonchev–Trinajstić information content (AvgIpc) is 2.75.